The van der Waals surface area contributed by atoms with Crippen LogP contribution in [-0.4, -0.2) is 12.2 Å². The Morgan fingerprint density at radius 3 is 1.71 bits per heavy atom. The van der Waals surface area contributed by atoms with E-state index in [4.69, 9.17) is 15.9 Å². The first-order valence-corrected chi connectivity index (χ1v) is 5.81. The molecule has 21 heavy (non-hydrogen) atoms. The number of nitrogens with two attached hydrogens (primary N) is 1. The van der Waals surface area contributed by atoms with Crippen LogP contribution >= 0.6 is 0 Å². The molecule has 0 amide bonds. The molecule has 0 aliphatic heterocycles. The van der Waals surface area contributed by atoms with E-state index in [0.717, 1.165) is 12.1 Å². The van der Waals surface area contributed by atoms with E-state index in [1.54, 1.807) is 24.3 Å². The third-order valence-corrected chi connectivity index (χ3v) is 2.46. The molecule has 0 atom stereocenters. The van der Waals surface area contributed by atoms with Crippen LogP contribution in [0, 0.1) is 5.41 Å². The lowest BCUT2D eigenvalue weighted by atomic mass is 10.2. The standard InChI is InChI=1S/C14H11F3N2O2/c15-14(16,17)21-12-7-5-11(6-8-12)20-10-3-1-9(2-4-10)13(18)19/h1-8H,(H3,18,19). The molecule has 0 aliphatic carbocycles. The second-order valence-electron chi connectivity index (χ2n) is 4.06. The van der Waals surface area contributed by atoms with Crippen molar-refractivity contribution in [3.05, 3.63) is 54.1 Å². The highest BCUT2D eigenvalue weighted by Gasteiger charge is 2.30. The fourth-order valence-electron chi connectivity index (χ4n) is 1.55. The molecular formula is C14H11F3N2O2. The lowest BCUT2D eigenvalue weighted by Gasteiger charge is -2.10. The van der Waals surface area contributed by atoms with Gasteiger partial charge in [-0.15, -0.1) is 13.2 Å². The highest BCUT2D eigenvalue weighted by atomic mass is 19.4. The monoisotopic (exact) mass is 296 g/mol. The molecule has 0 bridgehead atoms. The predicted octanol–water partition coefficient (Wildman–Crippen LogP) is 3.66. The molecule has 4 nitrogen and oxygen atoms in total. The van der Waals surface area contributed by atoms with Crippen LogP contribution in [0.25, 0.3) is 0 Å². The molecule has 110 valence electrons. The maximum absolute atomic E-state index is 12.0. The molecular weight excluding hydrogens is 285 g/mol. The largest absolute Gasteiger partial charge is 0.573 e. The zero-order chi connectivity index (χ0) is 15.5. The van der Waals surface area contributed by atoms with Crippen molar-refractivity contribution >= 4 is 5.84 Å². The van der Waals surface area contributed by atoms with Gasteiger partial charge in [-0.1, -0.05) is 0 Å². The average molecular weight is 296 g/mol. The van der Waals surface area contributed by atoms with Crippen molar-refractivity contribution < 1.29 is 22.6 Å². The molecule has 2 rings (SSSR count). The van der Waals surface area contributed by atoms with E-state index >= 15 is 0 Å². The Bertz CT molecular complexity index is 622. The van der Waals surface area contributed by atoms with E-state index in [1.807, 2.05) is 0 Å². The second kappa shape index (κ2) is 5.74. The van der Waals surface area contributed by atoms with Crippen LogP contribution in [0.2, 0.25) is 0 Å². The fraction of sp³-hybridized carbons (Fsp3) is 0.0714. The Hall–Kier alpha value is -2.70. The van der Waals surface area contributed by atoms with Crippen molar-refractivity contribution in [2.75, 3.05) is 0 Å². The molecule has 0 saturated carbocycles. The smallest absolute Gasteiger partial charge is 0.457 e. The van der Waals surface area contributed by atoms with Gasteiger partial charge in [0.1, 0.15) is 23.1 Å². The van der Waals surface area contributed by atoms with E-state index in [1.165, 1.54) is 12.1 Å². The maximum atomic E-state index is 12.0. The summed E-state index contributed by atoms with van der Waals surface area (Å²) in [4.78, 5) is 0. The van der Waals surface area contributed by atoms with Crippen LogP contribution in [-0.2, 0) is 0 Å². The number of amidine groups is 1. The molecule has 0 heterocycles. The molecule has 2 aromatic rings. The van der Waals surface area contributed by atoms with Crippen LogP contribution in [0.3, 0.4) is 0 Å². The number of halogens is 3. The number of ether oxygens (including phenoxy) is 2. The van der Waals surface area contributed by atoms with E-state index in [2.05, 4.69) is 4.74 Å². The molecule has 0 aliphatic rings. The van der Waals surface area contributed by atoms with Gasteiger partial charge in [-0.3, -0.25) is 5.41 Å². The summed E-state index contributed by atoms with van der Waals surface area (Å²) in [6, 6.07) is 11.5. The Labute approximate surface area is 118 Å². The van der Waals surface area contributed by atoms with Gasteiger partial charge in [-0.25, -0.2) is 0 Å². The quantitative estimate of drug-likeness (QED) is 0.668. The molecule has 0 unspecified atom stereocenters. The minimum absolute atomic E-state index is 0.0600. The third-order valence-electron chi connectivity index (χ3n) is 2.46. The van der Waals surface area contributed by atoms with Crippen molar-refractivity contribution in [2.24, 2.45) is 5.73 Å². The van der Waals surface area contributed by atoms with Gasteiger partial charge in [-0.05, 0) is 48.5 Å². The summed E-state index contributed by atoms with van der Waals surface area (Å²) >= 11 is 0. The summed E-state index contributed by atoms with van der Waals surface area (Å²) in [5.74, 6) is 0.460. The van der Waals surface area contributed by atoms with Gasteiger partial charge in [0.05, 0.1) is 0 Å². The van der Waals surface area contributed by atoms with E-state index in [-0.39, 0.29) is 11.6 Å². The van der Waals surface area contributed by atoms with Gasteiger partial charge in [-0.2, -0.15) is 0 Å². The minimum atomic E-state index is -4.72. The Morgan fingerprint density at radius 2 is 1.29 bits per heavy atom. The molecule has 3 N–H and O–H groups in total. The highest BCUT2D eigenvalue weighted by Crippen LogP contribution is 2.27. The molecule has 0 spiro atoms. The zero-order valence-corrected chi connectivity index (χ0v) is 10.6. The van der Waals surface area contributed by atoms with E-state index in [0.29, 0.717) is 17.1 Å². The van der Waals surface area contributed by atoms with Crippen LogP contribution in [0.5, 0.6) is 17.2 Å². The number of nitrogen functional groups attached to an aromatic ring is 1. The second-order valence-corrected chi connectivity index (χ2v) is 4.06. The first-order chi connectivity index (χ1) is 9.83. The van der Waals surface area contributed by atoms with E-state index < -0.39 is 6.36 Å². The lowest BCUT2D eigenvalue weighted by Crippen LogP contribution is -2.16. The summed E-state index contributed by atoms with van der Waals surface area (Å²) in [7, 11) is 0. The lowest BCUT2D eigenvalue weighted by molar-refractivity contribution is -0.274. The molecule has 0 radical (unpaired) electrons. The average Bonchev–Trinajstić information content (AvgIpc) is 2.40. The van der Waals surface area contributed by atoms with Gasteiger partial charge in [0, 0.05) is 5.56 Å². The van der Waals surface area contributed by atoms with Crippen molar-refractivity contribution in [3.63, 3.8) is 0 Å². The van der Waals surface area contributed by atoms with Crippen molar-refractivity contribution in [3.8, 4) is 17.2 Å². The fourth-order valence-corrected chi connectivity index (χ4v) is 1.55. The third kappa shape index (κ3) is 4.41. The van der Waals surface area contributed by atoms with Crippen molar-refractivity contribution in [1.82, 2.24) is 0 Å². The summed E-state index contributed by atoms with van der Waals surface area (Å²) in [6.07, 6.45) is -4.72. The number of nitrogens with one attached hydrogen (secondary N) is 1. The molecule has 2 aromatic carbocycles. The summed E-state index contributed by atoms with van der Waals surface area (Å²) < 4.78 is 45.2. The molecule has 0 fully saturated rings. The maximum Gasteiger partial charge on any atom is 0.573 e. The first kappa shape index (κ1) is 14.7. The summed E-state index contributed by atoms with van der Waals surface area (Å²) in [5.41, 5.74) is 5.87. The topological polar surface area (TPSA) is 68.3 Å². The van der Waals surface area contributed by atoms with Crippen LogP contribution < -0.4 is 15.2 Å². The van der Waals surface area contributed by atoms with E-state index in [9.17, 15) is 13.2 Å². The summed E-state index contributed by atoms with van der Waals surface area (Å²) in [6.45, 7) is 0. The number of benzene rings is 2. The molecule has 7 heteroatoms. The van der Waals surface area contributed by atoms with Crippen LogP contribution in [0.4, 0.5) is 13.2 Å². The van der Waals surface area contributed by atoms with Gasteiger partial charge in [0.25, 0.3) is 0 Å². The minimum Gasteiger partial charge on any atom is -0.457 e. The number of alkyl halides is 3. The van der Waals surface area contributed by atoms with Gasteiger partial charge >= 0.3 is 6.36 Å². The van der Waals surface area contributed by atoms with Gasteiger partial charge in [0.2, 0.25) is 0 Å². The van der Waals surface area contributed by atoms with Gasteiger partial charge in [0.15, 0.2) is 0 Å². The SMILES string of the molecule is N=C(N)c1ccc(Oc2ccc(OC(F)(F)F)cc2)cc1. The van der Waals surface area contributed by atoms with Crippen molar-refractivity contribution in [2.45, 2.75) is 6.36 Å². The number of rotatable bonds is 4. The first-order valence-electron chi connectivity index (χ1n) is 5.81. The predicted molar refractivity (Wildman–Crippen MR) is 70.7 cm³/mol. The van der Waals surface area contributed by atoms with Crippen molar-refractivity contribution in [1.29, 1.82) is 5.41 Å². The van der Waals surface area contributed by atoms with Crippen LogP contribution in [0.1, 0.15) is 5.56 Å². The highest BCUT2D eigenvalue weighted by molar-refractivity contribution is 5.94. The zero-order valence-electron chi connectivity index (χ0n) is 10.6. The molecule has 0 saturated heterocycles. The Kier molecular flexibility index (Phi) is 4.02. The summed E-state index contributed by atoms with van der Waals surface area (Å²) in [5, 5.41) is 7.25. The Balaban J connectivity index is 2.04. The normalized spacial score (nSPS) is 11.0. The number of hydrogen-bond donors (Lipinski definition) is 2. The van der Waals surface area contributed by atoms with Gasteiger partial charge < -0.3 is 15.2 Å². The van der Waals surface area contributed by atoms with Crippen LogP contribution in [0.15, 0.2) is 48.5 Å². The molecule has 0 aromatic heterocycles. The Morgan fingerprint density at radius 1 is 0.857 bits per heavy atom. The number of hydrogen-bond acceptors (Lipinski definition) is 3.